The minimum atomic E-state index is -1.66. The van der Waals surface area contributed by atoms with Gasteiger partial charge >= 0.3 is 7.12 Å². The molecule has 0 unspecified atom stereocenters. The Morgan fingerprint density at radius 2 is 2.31 bits per heavy atom. The zero-order chi connectivity index (χ0) is 9.84. The molecule has 0 saturated heterocycles. The van der Waals surface area contributed by atoms with Crippen LogP contribution >= 0.6 is 0 Å². The lowest BCUT2D eigenvalue weighted by Crippen LogP contribution is -2.33. The number of hydrogen-bond acceptors (Lipinski definition) is 4. The Morgan fingerprint density at radius 1 is 1.62 bits per heavy atom. The maximum absolute atomic E-state index is 8.90. The fraction of sp³-hybridized carbons (Fsp3) is 0. The second-order valence-electron chi connectivity index (χ2n) is 2.35. The van der Waals surface area contributed by atoms with Crippen molar-refractivity contribution in [2.24, 2.45) is 0 Å². The van der Waals surface area contributed by atoms with Gasteiger partial charge in [0.1, 0.15) is 6.07 Å². The summed E-state index contributed by atoms with van der Waals surface area (Å²) >= 11 is 0. The molecule has 0 atom stereocenters. The third-order valence-corrected chi connectivity index (χ3v) is 1.60. The van der Waals surface area contributed by atoms with Crippen molar-refractivity contribution in [1.82, 2.24) is 4.98 Å². The molecule has 0 aromatic carbocycles. The van der Waals surface area contributed by atoms with Gasteiger partial charge in [0.25, 0.3) is 0 Å². The molecule has 64 valence electrons. The molecule has 0 amide bonds. The Balaban J connectivity index is 3.37. The Morgan fingerprint density at radius 3 is 2.77 bits per heavy atom. The fourth-order valence-corrected chi connectivity index (χ4v) is 0.985. The predicted octanol–water partition coefficient (Wildman–Crippen LogP) is -0.724. The fourth-order valence-electron chi connectivity index (χ4n) is 0.985. The Labute approximate surface area is 75.9 Å². The first-order valence-corrected chi connectivity index (χ1v) is 3.58. The highest BCUT2D eigenvalue weighted by atomic mass is 16.4. The van der Waals surface area contributed by atoms with Gasteiger partial charge in [0.2, 0.25) is 0 Å². The van der Waals surface area contributed by atoms with E-state index in [0.717, 1.165) is 0 Å². The van der Waals surface area contributed by atoms with Gasteiger partial charge in [-0.1, -0.05) is 6.58 Å². The van der Waals surface area contributed by atoms with E-state index in [1.165, 1.54) is 18.3 Å². The molecular formula is C8H7BN2O2. The van der Waals surface area contributed by atoms with E-state index in [0.29, 0.717) is 5.69 Å². The highest BCUT2D eigenvalue weighted by molar-refractivity contribution is 6.59. The van der Waals surface area contributed by atoms with Gasteiger partial charge in [0, 0.05) is 11.7 Å². The normalized spacial score (nSPS) is 9.00. The predicted molar refractivity (Wildman–Crippen MR) is 48.9 cm³/mol. The minimum Gasteiger partial charge on any atom is -0.423 e. The van der Waals surface area contributed by atoms with E-state index in [2.05, 4.69) is 11.6 Å². The molecule has 2 N–H and O–H groups in total. The molecule has 13 heavy (non-hydrogen) atoms. The molecule has 0 radical (unpaired) electrons. The van der Waals surface area contributed by atoms with E-state index in [1.54, 1.807) is 0 Å². The van der Waals surface area contributed by atoms with Crippen LogP contribution in [0.25, 0.3) is 6.08 Å². The van der Waals surface area contributed by atoms with Gasteiger partial charge in [-0.05, 0) is 12.1 Å². The van der Waals surface area contributed by atoms with Crippen LogP contribution in [0.1, 0.15) is 11.3 Å². The topological polar surface area (TPSA) is 77.1 Å². The van der Waals surface area contributed by atoms with E-state index in [4.69, 9.17) is 15.3 Å². The largest absolute Gasteiger partial charge is 0.489 e. The lowest BCUT2D eigenvalue weighted by molar-refractivity contribution is 0.425. The number of hydrogen-bond donors (Lipinski definition) is 2. The van der Waals surface area contributed by atoms with Crippen molar-refractivity contribution in [3.8, 4) is 6.07 Å². The second-order valence-corrected chi connectivity index (χ2v) is 2.35. The molecule has 0 spiro atoms. The van der Waals surface area contributed by atoms with Gasteiger partial charge < -0.3 is 10.0 Å². The Bertz CT molecular complexity index is 371. The molecule has 0 aliphatic rings. The number of nitrogens with zero attached hydrogens (tertiary/aromatic N) is 2. The SMILES string of the molecule is C=Cc1nccc(B(O)O)c1C#N. The zero-order valence-corrected chi connectivity index (χ0v) is 6.81. The average Bonchev–Trinajstić information content (AvgIpc) is 2.16. The van der Waals surface area contributed by atoms with Gasteiger partial charge in [0.05, 0.1) is 11.3 Å². The maximum Gasteiger partial charge on any atom is 0.489 e. The molecule has 0 aliphatic carbocycles. The van der Waals surface area contributed by atoms with Gasteiger partial charge in [-0.3, -0.25) is 4.98 Å². The number of nitriles is 1. The Hall–Kier alpha value is -1.64. The van der Waals surface area contributed by atoms with Crippen LogP contribution in [-0.2, 0) is 0 Å². The standard InChI is InChI=1S/C8H7BN2O2/c1-2-8-6(5-10)7(9(12)13)3-4-11-8/h2-4,12-13H,1H2. The van der Waals surface area contributed by atoms with Gasteiger partial charge in [-0.2, -0.15) is 5.26 Å². The van der Waals surface area contributed by atoms with E-state index in [-0.39, 0.29) is 11.0 Å². The Kier molecular flexibility index (Phi) is 2.80. The summed E-state index contributed by atoms with van der Waals surface area (Å²) in [6.07, 6.45) is 2.79. The summed E-state index contributed by atoms with van der Waals surface area (Å²) in [7, 11) is -1.66. The molecule has 4 nitrogen and oxygen atoms in total. The van der Waals surface area contributed by atoms with Crippen LogP contribution < -0.4 is 5.46 Å². The lowest BCUT2D eigenvalue weighted by Gasteiger charge is -2.03. The van der Waals surface area contributed by atoms with Crippen molar-refractivity contribution in [3.63, 3.8) is 0 Å². The average molecular weight is 174 g/mol. The summed E-state index contributed by atoms with van der Waals surface area (Å²) in [6.45, 7) is 3.46. The molecule has 1 aromatic rings. The minimum absolute atomic E-state index is 0.146. The van der Waals surface area contributed by atoms with E-state index in [1.807, 2.05) is 6.07 Å². The van der Waals surface area contributed by atoms with E-state index >= 15 is 0 Å². The van der Waals surface area contributed by atoms with Crippen LogP contribution in [0.4, 0.5) is 0 Å². The first-order chi connectivity index (χ1) is 6.20. The maximum atomic E-state index is 8.90. The van der Waals surface area contributed by atoms with Crippen LogP contribution in [0.5, 0.6) is 0 Å². The van der Waals surface area contributed by atoms with Crippen molar-refractivity contribution in [2.75, 3.05) is 0 Å². The zero-order valence-electron chi connectivity index (χ0n) is 6.81. The van der Waals surface area contributed by atoms with Crippen molar-refractivity contribution in [3.05, 3.63) is 30.1 Å². The van der Waals surface area contributed by atoms with Gasteiger partial charge in [0.15, 0.2) is 0 Å². The quantitative estimate of drug-likeness (QED) is 0.579. The second kappa shape index (κ2) is 3.85. The number of aromatic nitrogens is 1. The molecular weight excluding hydrogens is 167 g/mol. The number of rotatable bonds is 2. The summed E-state index contributed by atoms with van der Waals surface area (Å²) in [6, 6.07) is 3.23. The first-order valence-electron chi connectivity index (χ1n) is 3.58. The molecule has 0 saturated carbocycles. The van der Waals surface area contributed by atoms with Gasteiger partial charge in [-0.15, -0.1) is 0 Å². The van der Waals surface area contributed by atoms with Crippen molar-refractivity contribution < 1.29 is 10.0 Å². The van der Waals surface area contributed by atoms with Crippen molar-refractivity contribution in [2.45, 2.75) is 0 Å². The highest BCUT2D eigenvalue weighted by Crippen LogP contribution is 2.02. The summed E-state index contributed by atoms with van der Waals surface area (Å²) in [5.41, 5.74) is 0.646. The molecule has 1 heterocycles. The molecule has 0 bridgehead atoms. The number of pyridine rings is 1. The lowest BCUT2D eigenvalue weighted by atomic mass is 9.77. The van der Waals surface area contributed by atoms with Crippen LogP contribution in [0.15, 0.2) is 18.8 Å². The highest BCUT2D eigenvalue weighted by Gasteiger charge is 2.17. The van der Waals surface area contributed by atoms with E-state index < -0.39 is 7.12 Å². The van der Waals surface area contributed by atoms with Crippen LogP contribution in [0.3, 0.4) is 0 Å². The summed E-state index contributed by atoms with van der Waals surface area (Å²) in [5, 5.41) is 26.5. The third-order valence-electron chi connectivity index (χ3n) is 1.60. The van der Waals surface area contributed by atoms with Gasteiger partial charge in [-0.25, -0.2) is 0 Å². The first kappa shape index (κ1) is 9.45. The molecule has 0 aliphatic heterocycles. The van der Waals surface area contributed by atoms with Crippen molar-refractivity contribution in [1.29, 1.82) is 5.26 Å². The monoisotopic (exact) mass is 174 g/mol. The summed E-state index contributed by atoms with van der Waals surface area (Å²) < 4.78 is 0. The van der Waals surface area contributed by atoms with Crippen LogP contribution in [-0.4, -0.2) is 22.2 Å². The summed E-state index contributed by atoms with van der Waals surface area (Å²) in [5.74, 6) is 0. The molecule has 0 fully saturated rings. The van der Waals surface area contributed by atoms with Crippen LogP contribution in [0.2, 0.25) is 0 Å². The van der Waals surface area contributed by atoms with E-state index in [9.17, 15) is 0 Å². The smallest absolute Gasteiger partial charge is 0.423 e. The van der Waals surface area contributed by atoms with Crippen LogP contribution in [0, 0.1) is 11.3 Å². The molecule has 1 rings (SSSR count). The molecule has 1 aromatic heterocycles. The third kappa shape index (κ3) is 1.75. The van der Waals surface area contributed by atoms with Crippen molar-refractivity contribution >= 4 is 18.7 Å². The summed E-state index contributed by atoms with van der Waals surface area (Å²) in [4.78, 5) is 3.85. The molecule has 5 heteroatoms.